The van der Waals surface area contributed by atoms with E-state index in [-0.39, 0.29) is 17.0 Å². The molecule has 3 heterocycles. The van der Waals surface area contributed by atoms with Crippen LogP contribution in [-0.4, -0.2) is 38.7 Å². The summed E-state index contributed by atoms with van der Waals surface area (Å²) in [5.74, 6) is -0.136. The molecule has 0 bridgehead atoms. The summed E-state index contributed by atoms with van der Waals surface area (Å²) in [4.78, 5) is 31.5. The van der Waals surface area contributed by atoms with Gasteiger partial charge >= 0.3 is 12.4 Å². The monoisotopic (exact) mass is 521 g/mol. The van der Waals surface area contributed by atoms with Crippen LogP contribution >= 0.6 is 0 Å². The van der Waals surface area contributed by atoms with Gasteiger partial charge in [0, 0.05) is 34.4 Å². The summed E-state index contributed by atoms with van der Waals surface area (Å²) >= 11 is 0. The van der Waals surface area contributed by atoms with Gasteiger partial charge in [-0.3, -0.25) is 9.78 Å². The fourth-order valence-electron chi connectivity index (χ4n) is 3.58. The van der Waals surface area contributed by atoms with Crippen LogP contribution in [0.5, 0.6) is 5.88 Å². The lowest BCUT2D eigenvalue weighted by atomic mass is 10.1. The van der Waals surface area contributed by atoms with E-state index < -0.39 is 46.5 Å². The van der Waals surface area contributed by atoms with Gasteiger partial charge in [0.15, 0.2) is 5.69 Å². The van der Waals surface area contributed by atoms with Gasteiger partial charge in [0.05, 0.1) is 19.0 Å². The van der Waals surface area contributed by atoms with Crippen LogP contribution in [0.3, 0.4) is 0 Å². The summed E-state index contributed by atoms with van der Waals surface area (Å²) in [7, 11) is 1.34. The second-order valence-corrected chi connectivity index (χ2v) is 7.37. The molecule has 0 atom stereocenters. The van der Waals surface area contributed by atoms with Crippen molar-refractivity contribution in [3.63, 3.8) is 0 Å². The molecule has 1 amide bonds. The first-order valence-corrected chi connectivity index (χ1v) is 10.1. The van der Waals surface area contributed by atoms with Gasteiger partial charge in [0.1, 0.15) is 17.2 Å². The molecule has 0 fully saturated rings. The molecule has 0 radical (unpaired) electrons. The minimum Gasteiger partial charge on any atom is -0.481 e. The number of nitrogens with zero attached hydrogens (tertiary/aromatic N) is 4. The highest BCUT2D eigenvalue weighted by atomic mass is 19.4. The van der Waals surface area contributed by atoms with Gasteiger partial charge in [-0.25, -0.2) is 14.5 Å². The second kappa shape index (κ2) is 9.39. The molecule has 0 saturated heterocycles. The number of amides is 1. The van der Waals surface area contributed by atoms with Gasteiger partial charge in [-0.15, -0.1) is 0 Å². The summed E-state index contributed by atoms with van der Waals surface area (Å²) < 4.78 is 87.1. The summed E-state index contributed by atoms with van der Waals surface area (Å²) in [6, 6.07) is 7.20. The van der Waals surface area contributed by atoms with Crippen molar-refractivity contribution in [1.82, 2.24) is 19.7 Å². The van der Waals surface area contributed by atoms with E-state index in [0.29, 0.717) is 22.3 Å². The van der Waals surface area contributed by atoms with Crippen molar-refractivity contribution in [1.29, 1.82) is 0 Å². The number of rotatable bonds is 5. The summed E-state index contributed by atoms with van der Waals surface area (Å²) in [5.41, 5.74) is -5.39. The minimum absolute atomic E-state index is 0.0635. The third-order valence-corrected chi connectivity index (χ3v) is 5.11. The van der Waals surface area contributed by atoms with E-state index >= 15 is 0 Å². The second-order valence-electron chi connectivity index (χ2n) is 7.37. The van der Waals surface area contributed by atoms with Crippen LogP contribution in [0, 0.1) is 0 Å². The molecule has 0 aliphatic rings. The quantitative estimate of drug-likeness (QED) is 0.232. The number of hydrogen-bond donors (Lipinski definition) is 1. The average Bonchev–Trinajstić information content (AvgIpc) is 3.28. The molecule has 1 N–H and O–H groups in total. The van der Waals surface area contributed by atoms with Crippen molar-refractivity contribution in [3.8, 4) is 11.6 Å². The van der Waals surface area contributed by atoms with E-state index in [0.717, 1.165) is 18.2 Å². The van der Waals surface area contributed by atoms with Gasteiger partial charge < -0.3 is 10.1 Å². The molecular formula is C23H13F6N5O3. The zero-order valence-corrected chi connectivity index (χ0v) is 18.5. The Morgan fingerprint density at radius 1 is 1.00 bits per heavy atom. The lowest BCUT2D eigenvalue weighted by Gasteiger charge is -2.15. The van der Waals surface area contributed by atoms with Gasteiger partial charge in [0.2, 0.25) is 5.88 Å². The van der Waals surface area contributed by atoms with Crippen molar-refractivity contribution in [2.45, 2.75) is 12.4 Å². The van der Waals surface area contributed by atoms with E-state index in [1.807, 2.05) is 5.32 Å². The maximum atomic E-state index is 14.2. The molecule has 14 heteroatoms. The molecule has 4 aromatic rings. The molecule has 0 saturated carbocycles. The van der Waals surface area contributed by atoms with E-state index in [2.05, 4.69) is 15.1 Å². The first-order valence-electron chi connectivity index (χ1n) is 10.1. The Morgan fingerprint density at radius 2 is 1.73 bits per heavy atom. The average molecular weight is 521 g/mol. The smallest absolute Gasteiger partial charge is 0.434 e. The summed E-state index contributed by atoms with van der Waals surface area (Å²) in [6.45, 7) is 0. The Morgan fingerprint density at radius 3 is 2.38 bits per heavy atom. The number of alkyl halides is 6. The van der Waals surface area contributed by atoms with Gasteiger partial charge in [0.25, 0.3) is 5.91 Å². The Labute approximate surface area is 203 Å². The topological polar surface area (TPSA) is 99.0 Å². The fourth-order valence-corrected chi connectivity index (χ4v) is 3.58. The Hall–Kier alpha value is -4.71. The SMILES string of the molecule is COc1nccc2c(-n3ncc(C(=C=O)C(=O)Nc4ccnc(C(F)(F)F)c4)c3C(F)(F)F)cccc12. The Kier molecular flexibility index (Phi) is 6.44. The minimum atomic E-state index is -5.12. The van der Waals surface area contributed by atoms with Crippen LogP contribution in [0.1, 0.15) is 17.0 Å². The number of fused-ring (bicyclic) bond motifs is 1. The van der Waals surface area contributed by atoms with Crippen molar-refractivity contribution < 1.29 is 40.7 Å². The first kappa shape index (κ1) is 25.4. The zero-order chi connectivity index (χ0) is 27.0. The third kappa shape index (κ3) is 4.86. The number of hydrogen-bond acceptors (Lipinski definition) is 6. The van der Waals surface area contributed by atoms with Gasteiger partial charge in [-0.05, 0) is 30.3 Å². The highest BCUT2D eigenvalue weighted by molar-refractivity contribution is 6.32. The predicted molar refractivity (Wildman–Crippen MR) is 117 cm³/mol. The van der Waals surface area contributed by atoms with E-state index in [4.69, 9.17) is 4.74 Å². The molecule has 190 valence electrons. The van der Waals surface area contributed by atoms with Gasteiger partial charge in [-0.1, -0.05) is 6.07 Å². The highest BCUT2D eigenvalue weighted by Gasteiger charge is 2.41. The highest BCUT2D eigenvalue weighted by Crippen LogP contribution is 2.38. The first-order chi connectivity index (χ1) is 17.5. The summed E-state index contributed by atoms with van der Waals surface area (Å²) in [5, 5.41) is 6.37. The largest absolute Gasteiger partial charge is 0.481 e. The molecule has 37 heavy (non-hydrogen) atoms. The van der Waals surface area contributed by atoms with Crippen molar-refractivity contribution in [2.24, 2.45) is 0 Å². The van der Waals surface area contributed by atoms with Crippen LogP contribution < -0.4 is 10.1 Å². The van der Waals surface area contributed by atoms with Crippen LogP contribution in [0.25, 0.3) is 22.0 Å². The molecule has 0 aliphatic carbocycles. The number of benzene rings is 1. The summed E-state index contributed by atoms with van der Waals surface area (Å²) in [6.07, 6.45) is -7.26. The Balaban J connectivity index is 1.81. The lowest BCUT2D eigenvalue weighted by Crippen LogP contribution is -2.20. The number of nitrogens with one attached hydrogen (secondary N) is 1. The normalized spacial score (nSPS) is 11.8. The number of carbonyl (C=O) groups is 1. The number of ether oxygens (including phenoxy) is 1. The molecule has 1 aromatic carbocycles. The van der Waals surface area contributed by atoms with E-state index in [1.54, 1.807) is 6.07 Å². The molecule has 3 aromatic heterocycles. The van der Waals surface area contributed by atoms with Crippen molar-refractivity contribution in [3.05, 3.63) is 71.9 Å². The molecular weight excluding hydrogens is 508 g/mol. The Bertz CT molecular complexity index is 1550. The fraction of sp³-hybridized carbons (Fsp3) is 0.130. The van der Waals surface area contributed by atoms with Crippen molar-refractivity contribution in [2.75, 3.05) is 12.4 Å². The van der Waals surface area contributed by atoms with Crippen LogP contribution in [0.4, 0.5) is 32.0 Å². The van der Waals surface area contributed by atoms with Crippen LogP contribution in [0.2, 0.25) is 0 Å². The zero-order valence-electron chi connectivity index (χ0n) is 18.5. The maximum absolute atomic E-state index is 14.2. The lowest BCUT2D eigenvalue weighted by molar-refractivity contribution is -0.143. The number of halogens is 6. The number of pyridine rings is 2. The maximum Gasteiger partial charge on any atom is 0.434 e. The van der Waals surface area contributed by atoms with Crippen LogP contribution in [0.15, 0.2) is 55.0 Å². The number of anilines is 1. The predicted octanol–water partition coefficient (Wildman–Crippen LogP) is 4.72. The number of aromatic nitrogens is 4. The number of methoxy groups -OCH3 is 1. The molecule has 0 spiro atoms. The van der Waals surface area contributed by atoms with Crippen molar-refractivity contribution >= 4 is 33.9 Å². The third-order valence-electron chi connectivity index (χ3n) is 5.11. The molecule has 0 unspecified atom stereocenters. The molecule has 4 rings (SSSR count). The molecule has 8 nitrogen and oxygen atoms in total. The molecule has 0 aliphatic heterocycles. The van der Waals surface area contributed by atoms with E-state index in [9.17, 15) is 35.9 Å². The van der Waals surface area contributed by atoms with E-state index in [1.165, 1.54) is 31.5 Å². The standard InChI is InChI=1S/C23H13F6N5O3/c1-37-21-14-3-2-4-17(13(14)6-8-31-21)34-19(23(27,28)29)15(10-32-34)16(11-35)20(36)33-12-5-7-30-18(9-12)22(24,25)26/h2-10H,1H3,(H,30,33,36). The number of carbonyl (C=O) groups excluding carboxylic acids is 2. The van der Waals surface area contributed by atoms with Gasteiger partial charge in [-0.2, -0.15) is 31.4 Å². The van der Waals surface area contributed by atoms with Crippen LogP contribution in [-0.2, 0) is 21.9 Å².